The van der Waals surface area contributed by atoms with Gasteiger partial charge < -0.3 is 14.8 Å². The van der Waals surface area contributed by atoms with Crippen LogP contribution >= 0.6 is 23.2 Å². The summed E-state index contributed by atoms with van der Waals surface area (Å²) in [4.78, 5) is 4.48. The van der Waals surface area contributed by atoms with Crippen LogP contribution in [0.2, 0.25) is 5.02 Å². The van der Waals surface area contributed by atoms with E-state index in [-0.39, 0.29) is 5.88 Å². The predicted molar refractivity (Wildman–Crippen MR) is 89.7 cm³/mol. The third-order valence-electron chi connectivity index (χ3n) is 3.20. The van der Waals surface area contributed by atoms with Crippen molar-refractivity contribution in [3.05, 3.63) is 47.5 Å². The van der Waals surface area contributed by atoms with Gasteiger partial charge in [-0.1, -0.05) is 11.6 Å². The summed E-state index contributed by atoms with van der Waals surface area (Å²) in [5.41, 5.74) is 3.17. The van der Waals surface area contributed by atoms with Gasteiger partial charge in [-0.05, 0) is 42.5 Å². The van der Waals surface area contributed by atoms with Crippen molar-refractivity contribution in [2.24, 2.45) is 0 Å². The summed E-state index contributed by atoms with van der Waals surface area (Å²) < 4.78 is 5.74. The van der Waals surface area contributed by atoms with Gasteiger partial charge in [0.1, 0.15) is 5.52 Å². The Bertz CT molecular complexity index is 771. The summed E-state index contributed by atoms with van der Waals surface area (Å²) in [6, 6.07) is 12.9. The number of alkyl halides is 1. The summed E-state index contributed by atoms with van der Waals surface area (Å²) in [5.74, 6) is 0.740. The number of nitrogens with one attached hydrogen (secondary N) is 1. The Morgan fingerprint density at radius 2 is 1.95 bits per heavy atom. The van der Waals surface area contributed by atoms with Crippen molar-refractivity contribution in [3.8, 4) is 11.5 Å². The van der Waals surface area contributed by atoms with Gasteiger partial charge in [0.2, 0.25) is 5.89 Å². The summed E-state index contributed by atoms with van der Waals surface area (Å²) in [6.45, 7) is 0.386. The van der Waals surface area contributed by atoms with Gasteiger partial charge in [0.05, 0.1) is 12.0 Å². The topological polar surface area (TPSA) is 58.3 Å². The fourth-order valence-electron chi connectivity index (χ4n) is 2.04. The first kappa shape index (κ1) is 15.2. The van der Waals surface area contributed by atoms with Gasteiger partial charge in [0.25, 0.3) is 0 Å². The highest BCUT2D eigenvalue weighted by atomic mass is 35.5. The lowest BCUT2D eigenvalue weighted by Gasteiger charge is -2.09. The largest absolute Gasteiger partial charge is 0.436 e. The van der Waals surface area contributed by atoms with Crippen molar-refractivity contribution >= 4 is 40.0 Å². The quantitative estimate of drug-likeness (QED) is 0.687. The molecule has 0 aliphatic carbocycles. The molecule has 1 atom stereocenters. The summed E-state index contributed by atoms with van der Waals surface area (Å²) in [6.07, 6.45) is -0.584. The van der Waals surface area contributed by atoms with Gasteiger partial charge in [0, 0.05) is 22.8 Å². The average molecular weight is 337 g/mol. The smallest absolute Gasteiger partial charge is 0.227 e. The molecule has 1 unspecified atom stereocenters. The third kappa shape index (κ3) is 3.35. The predicted octanol–water partition coefficient (Wildman–Crippen LogP) is 4.16. The molecule has 0 spiro atoms. The minimum atomic E-state index is -0.584. The molecule has 22 heavy (non-hydrogen) atoms. The van der Waals surface area contributed by atoms with Crippen LogP contribution in [-0.4, -0.2) is 28.6 Å². The number of anilines is 1. The third-order valence-corrected chi connectivity index (χ3v) is 3.81. The molecule has 0 aliphatic heterocycles. The molecule has 0 aliphatic rings. The highest BCUT2D eigenvalue weighted by Crippen LogP contribution is 2.27. The molecule has 0 saturated carbocycles. The minimum absolute atomic E-state index is 0.194. The number of oxazole rings is 1. The molecular formula is C16H14Cl2N2O2. The molecule has 4 nitrogen and oxygen atoms in total. The number of halogens is 2. The van der Waals surface area contributed by atoms with Crippen LogP contribution in [0.4, 0.5) is 5.69 Å². The summed E-state index contributed by atoms with van der Waals surface area (Å²) in [7, 11) is 0. The van der Waals surface area contributed by atoms with E-state index in [9.17, 15) is 5.11 Å². The Labute approximate surface area is 137 Å². The summed E-state index contributed by atoms with van der Waals surface area (Å²) in [5, 5.41) is 13.2. The van der Waals surface area contributed by atoms with Gasteiger partial charge in [-0.15, -0.1) is 11.6 Å². The molecule has 0 bridgehead atoms. The number of aliphatic hydroxyl groups excluding tert-OH is 1. The molecule has 2 aromatic carbocycles. The van der Waals surface area contributed by atoms with Crippen LogP contribution in [0.5, 0.6) is 0 Å². The van der Waals surface area contributed by atoms with E-state index in [1.165, 1.54) is 0 Å². The maximum absolute atomic E-state index is 9.47. The molecule has 0 radical (unpaired) electrons. The molecule has 1 aromatic heterocycles. The zero-order chi connectivity index (χ0) is 15.5. The molecule has 6 heteroatoms. The van der Waals surface area contributed by atoms with Crippen LogP contribution in [0.1, 0.15) is 0 Å². The van der Waals surface area contributed by atoms with E-state index in [1.807, 2.05) is 30.3 Å². The molecule has 2 N–H and O–H groups in total. The number of hydrogen-bond acceptors (Lipinski definition) is 4. The van der Waals surface area contributed by atoms with E-state index in [2.05, 4.69) is 10.3 Å². The molecule has 0 saturated heterocycles. The fourth-order valence-corrected chi connectivity index (χ4v) is 2.28. The first-order valence-electron chi connectivity index (χ1n) is 6.80. The number of hydrogen-bond donors (Lipinski definition) is 2. The SMILES string of the molecule is OC(CCl)CNc1ccc2oc(-c3ccc(Cl)cc3)nc2c1. The minimum Gasteiger partial charge on any atom is -0.436 e. The van der Waals surface area contributed by atoms with E-state index in [1.54, 1.807) is 12.1 Å². The Kier molecular flexibility index (Phi) is 4.52. The lowest BCUT2D eigenvalue weighted by molar-refractivity contribution is 0.211. The van der Waals surface area contributed by atoms with Crippen LogP contribution in [-0.2, 0) is 0 Å². The molecular weight excluding hydrogens is 323 g/mol. The zero-order valence-electron chi connectivity index (χ0n) is 11.6. The number of nitrogens with zero attached hydrogens (tertiary/aromatic N) is 1. The first-order valence-corrected chi connectivity index (χ1v) is 7.71. The van der Waals surface area contributed by atoms with Crippen molar-refractivity contribution in [3.63, 3.8) is 0 Å². The van der Waals surface area contributed by atoms with E-state index in [4.69, 9.17) is 27.6 Å². The number of aliphatic hydroxyl groups is 1. The maximum Gasteiger partial charge on any atom is 0.227 e. The second kappa shape index (κ2) is 6.57. The molecule has 0 fully saturated rings. The normalized spacial score (nSPS) is 12.5. The highest BCUT2D eigenvalue weighted by molar-refractivity contribution is 6.30. The zero-order valence-corrected chi connectivity index (χ0v) is 13.1. The van der Waals surface area contributed by atoms with E-state index < -0.39 is 6.10 Å². The maximum atomic E-state index is 9.47. The van der Waals surface area contributed by atoms with Gasteiger partial charge in [-0.2, -0.15) is 0 Å². The van der Waals surface area contributed by atoms with Crippen molar-refractivity contribution in [2.75, 3.05) is 17.7 Å². The van der Waals surface area contributed by atoms with Gasteiger partial charge in [0.15, 0.2) is 5.58 Å². The van der Waals surface area contributed by atoms with Crippen molar-refractivity contribution in [2.45, 2.75) is 6.10 Å². The Morgan fingerprint density at radius 3 is 2.68 bits per heavy atom. The van der Waals surface area contributed by atoms with Crippen molar-refractivity contribution < 1.29 is 9.52 Å². The van der Waals surface area contributed by atoms with Crippen molar-refractivity contribution in [1.29, 1.82) is 0 Å². The Balaban J connectivity index is 1.85. The highest BCUT2D eigenvalue weighted by Gasteiger charge is 2.09. The van der Waals surface area contributed by atoms with E-state index in [0.29, 0.717) is 23.0 Å². The van der Waals surface area contributed by atoms with E-state index in [0.717, 1.165) is 16.8 Å². The number of benzene rings is 2. The van der Waals surface area contributed by atoms with Gasteiger partial charge >= 0.3 is 0 Å². The van der Waals surface area contributed by atoms with Crippen LogP contribution in [0.3, 0.4) is 0 Å². The molecule has 3 aromatic rings. The second-order valence-corrected chi connectivity index (χ2v) is 5.64. The van der Waals surface area contributed by atoms with Crippen LogP contribution in [0.15, 0.2) is 46.9 Å². The number of fused-ring (bicyclic) bond motifs is 1. The van der Waals surface area contributed by atoms with Gasteiger partial charge in [-0.25, -0.2) is 4.98 Å². The van der Waals surface area contributed by atoms with Crippen LogP contribution in [0, 0.1) is 0 Å². The van der Waals surface area contributed by atoms with Gasteiger partial charge in [-0.3, -0.25) is 0 Å². The molecule has 0 amide bonds. The standard InChI is InChI=1S/C16H14Cl2N2O2/c17-8-13(21)9-19-12-5-6-15-14(7-12)20-16(22-15)10-1-3-11(18)4-2-10/h1-7,13,19,21H,8-9H2. The monoisotopic (exact) mass is 336 g/mol. The number of rotatable bonds is 5. The average Bonchev–Trinajstić information content (AvgIpc) is 2.96. The number of aromatic nitrogens is 1. The lowest BCUT2D eigenvalue weighted by atomic mass is 10.2. The molecule has 1 heterocycles. The van der Waals surface area contributed by atoms with Crippen LogP contribution in [0.25, 0.3) is 22.6 Å². The summed E-state index contributed by atoms with van der Waals surface area (Å²) >= 11 is 11.5. The molecule has 3 rings (SSSR count). The Hall–Kier alpha value is -1.75. The van der Waals surface area contributed by atoms with E-state index >= 15 is 0 Å². The first-order chi connectivity index (χ1) is 10.7. The van der Waals surface area contributed by atoms with Crippen molar-refractivity contribution in [1.82, 2.24) is 4.98 Å². The Morgan fingerprint density at radius 1 is 1.18 bits per heavy atom. The van der Waals surface area contributed by atoms with Crippen LogP contribution < -0.4 is 5.32 Å². The lowest BCUT2D eigenvalue weighted by Crippen LogP contribution is -2.20. The molecule has 114 valence electrons. The second-order valence-electron chi connectivity index (χ2n) is 4.90. The fraction of sp³-hybridized carbons (Fsp3) is 0.188.